The van der Waals surface area contributed by atoms with Crippen LogP contribution in [0, 0.1) is 0 Å². The number of ether oxygens (including phenoxy) is 2. The van der Waals surface area contributed by atoms with E-state index in [1.165, 1.54) is 116 Å². The first kappa shape index (κ1) is 38.6. The molecule has 236 valence electrons. The van der Waals surface area contributed by atoms with Crippen molar-refractivity contribution in [2.24, 2.45) is 0 Å². The van der Waals surface area contributed by atoms with Gasteiger partial charge in [-0.25, -0.2) is 0 Å². The van der Waals surface area contributed by atoms with Crippen molar-refractivity contribution in [2.75, 3.05) is 13.2 Å². The van der Waals surface area contributed by atoms with Crippen LogP contribution in [0.25, 0.3) is 0 Å². The second-order valence-electron chi connectivity index (χ2n) is 11.6. The highest BCUT2D eigenvalue weighted by molar-refractivity contribution is 5.69. The van der Waals surface area contributed by atoms with E-state index in [1.807, 2.05) is 0 Å². The molecule has 0 saturated heterocycles. The maximum Gasteiger partial charge on any atom is 0.305 e. The first-order valence-electron chi connectivity index (χ1n) is 17.2. The molecule has 0 heterocycles. The van der Waals surface area contributed by atoms with Crippen LogP contribution in [0.1, 0.15) is 181 Å². The molecule has 0 fully saturated rings. The van der Waals surface area contributed by atoms with E-state index in [4.69, 9.17) is 9.47 Å². The Hall–Kier alpha value is -1.36. The monoisotopic (exact) mass is 566 g/mol. The summed E-state index contributed by atoms with van der Waals surface area (Å²) < 4.78 is 10.3. The van der Waals surface area contributed by atoms with E-state index >= 15 is 0 Å². The van der Waals surface area contributed by atoms with Gasteiger partial charge in [0.1, 0.15) is 19.3 Å². The molecule has 0 aromatic carbocycles. The fourth-order valence-electron chi connectivity index (χ4n) is 4.84. The lowest BCUT2D eigenvalue weighted by atomic mass is 10.1. The minimum atomic E-state index is -0.957. The minimum Gasteiger partial charge on any atom is -0.463 e. The zero-order chi connectivity index (χ0) is 29.4. The number of rotatable bonds is 31. The lowest BCUT2D eigenvalue weighted by molar-refractivity contribution is -0.152. The van der Waals surface area contributed by atoms with Gasteiger partial charge in [0.15, 0.2) is 0 Å². The molecule has 0 saturated carbocycles. The number of carbonyl (C=O) groups excluding carboxylic acids is 2. The van der Waals surface area contributed by atoms with Gasteiger partial charge < -0.3 is 14.6 Å². The van der Waals surface area contributed by atoms with Crippen molar-refractivity contribution in [1.29, 1.82) is 0 Å². The SMILES string of the molecule is CCCCCC/C=C/CCCCCCCCCC(=O)OCC(O)COC(=O)CCCCCCCCCCCCC. The van der Waals surface area contributed by atoms with Gasteiger partial charge in [-0.15, -0.1) is 0 Å². The van der Waals surface area contributed by atoms with Crippen LogP contribution in [0.4, 0.5) is 0 Å². The van der Waals surface area contributed by atoms with Crippen molar-refractivity contribution in [2.45, 2.75) is 187 Å². The predicted octanol–water partition coefficient (Wildman–Crippen LogP) is 10.2. The highest BCUT2D eigenvalue weighted by atomic mass is 16.6. The molecule has 1 N–H and O–H groups in total. The third kappa shape index (κ3) is 31.2. The molecule has 5 heteroatoms. The van der Waals surface area contributed by atoms with Crippen molar-refractivity contribution in [1.82, 2.24) is 0 Å². The molecule has 0 radical (unpaired) electrons. The normalized spacial score (nSPS) is 12.2. The van der Waals surface area contributed by atoms with Crippen molar-refractivity contribution in [3.05, 3.63) is 12.2 Å². The predicted molar refractivity (Wildman–Crippen MR) is 168 cm³/mol. The van der Waals surface area contributed by atoms with Gasteiger partial charge in [0.05, 0.1) is 0 Å². The fourth-order valence-corrected chi connectivity index (χ4v) is 4.84. The summed E-state index contributed by atoms with van der Waals surface area (Å²) in [5.41, 5.74) is 0. The summed E-state index contributed by atoms with van der Waals surface area (Å²) in [7, 11) is 0. The number of aliphatic hydroxyl groups excluding tert-OH is 1. The third-order valence-corrected chi connectivity index (χ3v) is 7.50. The minimum absolute atomic E-state index is 0.112. The Labute approximate surface area is 248 Å². The molecule has 0 aliphatic rings. The number of allylic oxidation sites excluding steroid dienone is 2. The van der Waals surface area contributed by atoms with E-state index < -0.39 is 6.10 Å². The van der Waals surface area contributed by atoms with Crippen LogP contribution >= 0.6 is 0 Å². The Kier molecular flexibility index (Phi) is 31.1. The van der Waals surface area contributed by atoms with Crippen LogP contribution in [0.2, 0.25) is 0 Å². The van der Waals surface area contributed by atoms with Gasteiger partial charge in [-0.3, -0.25) is 9.59 Å². The summed E-state index contributed by atoms with van der Waals surface area (Å²) in [6.45, 7) is 4.27. The average Bonchev–Trinajstić information content (AvgIpc) is 2.95. The summed E-state index contributed by atoms with van der Waals surface area (Å²) in [6, 6.07) is 0. The van der Waals surface area contributed by atoms with Crippen LogP contribution in [-0.4, -0.2) is 36.4 Å². The lowest BCUT2D eigenvalue weighted by Crippen LogP contribution is -2.25. The van der Waals surface area contributed by atoms with Gasteiger partial charge in [0, 0.05) is 12.8 Å². The van der Waals surface area contributed by atoms with Crippen molar-refractivity contribution < 1.29 is 24.2 Å². The number of hydrogen-bond acceptors (Lipinski definition) is 5. The van der Waals surface area contributed by atoms with Gasteiger partial charge in [-0.2, -0.15) is 0 Å². The van der Waals surface area contributed by atoms with Crippen LogP contribution in [0.5, 0.6) is 0 Å². The molecule has 0 aromatic heterocycles. The first-order chi connectivity index (χ1) is 19.6. The summed E-state index contributed by atoms with van der Waals surface area (Å²) >= 11 is 0. The molecule has 0 rings (SSSR count). The van der Waals surface area contributed by atoms with E-state index in [9.17, 15) is 14.7 Å². The molecule has 1 unspecified atom stereocenters. The zero-order valence-corrected chi connectivity index (χ0v) is 26.6. The van der Waals surface area contributed by atoms with Crippen molar-refractivity contribution >= 4 is 11.9 Å². The summed E-state index contributed by atoms with van der Waals surface area (Å²) in [6.07, 6.45) is 34.0. The smallest absolute Gasteiger partial charge is 0.305 e. The number of aliphatic hydroxyl groups is 1. The Balaban J connectivity index is 3.42. The molecular weight excluding hydrogens is 500 g/mol. The average molecular weight is 567 g/mol. The topological polar surface area (TPSA) is 72.8 Å². The Morgan fingerprint density at radius 3 is 1.18 bits per heavy atom. The third-order valence-electron chi connectivity index (χ3n) is 7.50. The van der Waals surface area contributed by atoms with Crippen molar-refractivity contribution in [3.63, 3.8) is 0 Å². The van der Waals surface area contributed by atoms with Gasteiger partial charge in [-0.05, 0) is 38.5 Å². The maximum atomic E-state index is 11.9. The Bertz CT molecular complexity index is 574. The zero-order valence-electron chi connectivity index (χ0n) is 26.6. The molecule has 1 atom stereocenters. The molecule has 0 bridgehead atoms. The summed E-state index contributed by atoms with van der Waals surface area (Å²) in [5, 5.41) is 9.95. The second kappa shape index (κ2) is 32.2. The summed E-state index contributed by atoms with van der Waals surface area (Å²) in [5.74, 6) is -0.566. The molecule has 40 heavy (non-hydrogen) atoms. The van der Waals surface area contributed by atoms with Gasteiger partial charge >= 0.3 is 11.9 Å². The van der Waals surface area contributed by atoms with E-state index in [2.05, 4.69) is 26.0 Å². The maximum absolute atomic E-state index is 11.9. The lowest BCUT2D eigenvalue weighted by Gasteiger charge is -2.12. The molecule has 0 amide bonds. The fraction of sp³-hybridized carbons (Fsp3) is 0.886. The molecule has 0 aliphatic carbocycles. The highest BCUT2D eigenvalue weighted by Gasteiger charge is 2.12. The highest BCUT2D eigenvalue weighted by Crippen LogP contribution is 2.13. The van der Waals surface area contributed by atoms with E-state index in [-0.39, 0.29) is 25.2 Å². The number of esters is 2. The van der Waals surface area contributed by atoms with E-state index in [0.717, 1.165) is 38.5 Å². The first-order valence-corrected chi connectivity index (χ1v) is 17.2. The number of unbranched alkanes of at least 4 members (excludes halogenated alkanes) is 21. The van der Waals surface area contributed by atoms with Crippen molar-refractivity contribution in [3.8, 4) is 0 Å². The molecule has 0 aromatic rings. The van der Waals surface area contributed by atoms with Gasteiger partial charge in [0.2, 0.25) is 0 Å². The molecule has 5 nitrogen and oxygen atoms in total. The molecule has 0 spiro atoms. The Morgan fingerprint density at radius 2 is 0.800 bits per heavy atom. The number of carbonyl (C=O) groups is 2. The quantitative estimate of drug-likeness (QED) is 0.0513. The van der Waals surface area contributed by atoms with Crippen LogP contribution in [0.15, 0.2) is 12.2 Å². The summed E-state index contributed by atoms with van der Waals surface area (Å²) in [4.78, 5) is 23.8. The largest absolute Gasteiger partial charge is 0.463 e. The van der Waals surface area contributed by atoms with Crippen LogP contribution in [0.3, 0.4) is 0 Å². The van der Waals surface area contributed by atoms with Gasteiger partial charge in [0.25, 0.3) is 0 Å². The van der Waals surface area contributed by atoms with Gasteiger partial charge in [-0.1, -0.05) is 142 Å². The Morgan fingerprint density at radius 1 is 0.500 bits per heavy atom. The van der Waals surface area contributed by atoms with E-state index in [1.54, 1.807) is 0 Å². The van der Waals surface area contributed by atoms with Crippen LogP contribution in [-0.2, 0) is 19.1 Å². The standard InChI is InChI=1S/C35H66O5/c1-3-5-7-9-11-13-15-16-17-18-20-22-24-26-28-30-35(38)40-32-33(36)31-39-34(37)29-27-25-23-21-19-14-12-10-8-6-4-2/h13,15,33,36H,3-12,14,16-32H2,1-2H3/b15-13+. The van der Waals surface area contributed by atoms with Crippen LogP contribution < -0.4 is 0 Å². The second-order valence-corrected chi connectivity index (χ2v) is 11.6. The van der Waals surface area contributed by atoms with E-state index in [0.29, 0.717) is 12.8 Å². The molecule has 0 aliphatic heterocycles. The number of hydrogen-bond donors (Lipinski definition) is 1. The molecular formula is C35H66O5.